The lowest BCUT2D eigenvalue weighted by Gasteiger charge is -2.52. The van der Waals surface area contributed by atoms with Crippen molar-refractivity contribution in [2.45, 2.75) is 45.4 Å². The molecule has 0 spiro atoms. The number of fused-ring (bicyclic) bond motifs is 1. The molecule has 2 heteroatoms. The zero-order valence-electron chi connectivity index (χ0n) is 27.8. The lowest BCUT2D eigenvalue weighted by Crippen LogP contribution is -2.40. The summed E-state index contributed by atoms with van der Waals surface area (Å²) in [5.41, 5.74) is 16.7. The van der Waals surface area contributed by atoms with Crippen molar-refractivity contribution in [2.75, 3.05) is 4.90 Å². The first kappa shape index (κ1) is 28.4. The quantitative estimate of drug-likeness (QED) is 0.176. The number of allylic oxidation sites excluding steroid dienone is 2. The van der Waals surface area contributed by atoms with Crippen molar-refractivity contribution in [1.82, 2.24) is 0 Å². The Balaban J connectivity index is 1.31. The van der Waals surface area contributed by atoms with Crippen LogP contribution in [0.4, 0.5) is 17.1 Å². The first-order chi connectivity index (χ1) is 22.6. The van der Waals surface area contributed by atoms with Crippen molar-refractivity contribution < 1.29 is 0 Å². The molecule has 0 amide bonds. The number of rotatable bonds is 4. The monoisotopic (exact) mass is 623 g/mol. The molecule has 5 aromatic carbocycles. The standard InChI is InChI=1S/C45H38NP/c1-8-9-21-39-28(3)33-24-29(22-23-40(33)47(39)31-15-11-10-12-16-31)30-25-34-27(2)32-17-13-18-35-41(32)46-42(34)38(26-30)45(6,7)37-20-14-19-36(43(37)46)44(35,4)5/h8-26H,1-2H2,3-7H3/b21-9-. The maximum Gasteiger partial charge on any atom is 0.0581 e. The van der Waals surface area contributed by atoms with Crippen LogP contribution in [0.3, 0.4) is 0 Å². The molecule has 0 N–H and O–H groups in total. The van der Waals surface area contributed by atoms with Crippen LogP contribution in [0, 0.1) is 6.92 Å². The number of anilines is 3. The summed E-state index contributed by atoms with van der Waals surface area (Å²) >= 11 is 0. The van der Waals surface area contributed by atoms with E-state index in [0.717, 1.165) is 5.57 Å². The second-order valence-electron chi connectivity index (χ2n) is 14.4. The van der Waals surface area contributed by atoms with Crippen molar-refractivity contribution in [3.05, 3.63) is 167 Å². The molecule has 0 fully saturated rings. The molecule has 3 aliphatic heterocycles. The minimum Gasteiger partial charge on any atom is -0.308 e. The van der Waals surface area contributed by atoms with Crippen molar-refractivity contribution in [2.24, 2.45) is 0 Å². The van der Waals surface area contributed by atoms with Crippen LogP contribution in [0.2, 0.25) is 0 Å². The summed E-state index contributed by atoms with van der Waals surface area (Å²) in [6, 6.07) is 36.8. The normalized spacial score (nSPS) is 16.5. The van der Waals surface area contributed by atoms with Gasteiger partial charge in [-0.2, -0.15) is 0 Å². The highest BCUT2D eigenvalue weighted by Crippen LogP contribution is 2.65. The molecule has 0 bridgehead atoms. The summed E-state index contributed by atoms with van der Waals surface area (Å²) in [7, 11) is -0.628. The molecule has 228 valence electrons. The van der Waals surface area contributed by atoms with Crippen LogP contribution in [-0.2, 0) is 10.8 Å². The summed E-state index contributed by atoms with van der Waals surface area (Å²) in [6.07, 6.45) is 6.24. The Labute approximate surface area is 279 Å². The minimum absolute atomic E-state index is 0.104. The van der Waals surface area contributed by atoms with Gasteiger partial charge in [-0.3, -0.25) is 0 Å². The van der Waals surface area contributed by atoms with Crippen LogP contribution in [0.5, 0.6) is 0 Å². The molecule has 0 saturated carbocycles. The minimum atomic E-state index is -0.628. The molecule has 0 radical (unpaired) electrons. The van der Waals surface area contributed by atoms with Gasteiger partial charge >= 0.3 is 0 Å². The largest absolute Gasteiger partial charge is 0.308 e. The highest BCUT2D eigenvalue weighted by molar-refractivity contribution is 7.64. The van der Waals surface area contributed by atoms with Gasteiger partial charge in [-0.25, -0.2) is 0 Å². The average molecular weight is 624 g/mol. The average Bonchev–Trinajstić information content (AvgIpc) is 3.36. The fraction of sp³-hybridized carbons (Fsp3) is 0.156. The van der Waals surface area contributed by atoms with Crippen molar-refractivity contribution >= 4 is 46.7 Å². The fourth-order valence-corrected chi connectivity index (χ4v) is 11.4. The second-order valence-corrected chi connectivity index (χ2v) is 16.5. The SMILES string of the molecule is C=C/C=C\c1c(C)c2cc(-c3cc4c5c(c3)C(C)(C)c3cccc6c3N5c3c(cccc3C6(C)C)C4=C)ccc2p1-c1ccccc1. The summed E-state index contributed by atoms with van der Waals surface area (Å²) in [6.45, 7) is 20.6. The molecular formula is C45H38NP. The molecule has 1 nitrogen and oxygen atoms in total. The number of hydrogen-bond donors (Lipinski definition) is 0. The molecule has 0 aliphatic carbocycles. The summed E-state index contributed by atoms with van der Waals surface area (Å²) in [4.78, 5) is 2.59. The predicted octanol–water partition coefficient (Wildman–Crippen LogP) is 13.1. The molecule has 9 rings (SSSR count). The Hall–Kier alpha value is -4.84. The molecule has 4 heterocycles. The number of benzene rings is 5. The second kappa shape index (κ2) is 9.60. The van der Waals surface area contributed by atoms with Gasteiger partial charge in [0.15, 0.2) is 0 Å². The van der Waals surface area contributed by atoms with E-state index in [1.165, 1.54) is 88.2 Å². The van der Waals surface area contributed by atoms with Gasteiger partial charge < -0.3 is 4.90 Å². The van der Waals surface area contributed by atoms with Gasteiger partial charge in [0.1, 0.15) is 0 Å². The van der Waals surface area contributed by atoms with E-state index in [1.54, 1.807) is 0 Å². The Morgan fingerprint density at radius 3 is 2.04 bits per heavy atom. The van der Waals surface area contributed by atoms with Crippen LogP contribution >= 0.6 is 7.53 Å². The lowest BCUT2D eigenvalue weighted by atomic mass is 9.63. The van der Waals surface area contributed by atoms with Crippen LogP contribution in [0.25, 0.3) is 38.6 Å². The number of nitrogens with zero attached hydrogens (tertiary/aromatic N) is 1. The van der Waals surface area contributed by atoms with Gasteiger partial charge in [0.05, 0.1) is 17.1 Å². The molecule has 0 saturated heterocycles. The Morgan fingerprint density at radius 1 is 0.660 bits per heavy atom. The molecule has 47 heavy (non-hydrogen) atoms. The van der Waals surface area contributed by atoms with Gasteiger partial charge in [-0.05, 0) is 86.4 Å². The summed E-state index contributed by atoms with van der Waals surface area (Å²) in [5, 5.41) is 5.57. The molecule has 1 atom stereocenters. The number of para-hydroxylation sites is 2. The van der Waals surface area contributed by atoms with Crippen LogP contribution in [-0.4, -0.2) is 0 Å². The van der Waals surface area contributed by atoms with E-state index >= 15 is 0 Å². The van der Waals surface area contributed by atoms with E-state index in [2.05, 4.69) is 155 Å². The zero-order valence-corrected chi connectivity index (χ0v) is 28.7. The molecule has 1 aromatic heterocycles. The summed E-state index contributed by atoms with van der Waals surface area (Å²) in [5.74, 6) is 0. The molecular weight excluding hydrogens is 585 g/mol. The van der Waals surface area contributed by atoms with Crippen molar-refractivity contribution in [3.63, 3.8) is 0 Å². The van der Waals surface area contributed by atoms with E-state index in [-0.39, 0.29) is 10.8 Å². The maximum absolute atomic E-state index is 4.78. The molecule has 6 aromatic rings. The van der Waals surface area contributed by atoms with Gasteiger partial charge in [0.2, 0.25) is 0 Å². The van der Waals surface area contributed by atoms with Crippen LogP contribution in [0.1, 0.15) is 71.9 Å². The van der Waals surface area contributed by atoms with E-state index in [4.69, 9.17) is 6.58 Å². The third kappa shape index (κ3) is 3.61. The predicted molar refractivity (Wildman–Crippen MR) is 204 cm³/mol. The van der Waals surface area contributed by atoms with E-state index < -0.39 is 7.53 Å². The van der Waals surface area contributed by atoms with Crippen molar-refractivity contribution in [3.8, 4) is 16.4 Å². The van der Waals surface area contributed by atoms with Gasteiger partial charge in [-0.15, -0.1) is 0 Å². The highest BCUT2D eigenvalue weighted by Gasteiger charge is 2.48. The highest BCUT2D eigenvalue weighted by atomic mass is 31.1. The summed E-state index contributed by atoms with van der Waals surface area (Å²) < 4.78 is 0. The van der Waals surface area contributed by atoms with Gasteiger partial charge in [0.25, 0.3) is 0 Å². The van der Waals surface area contributed by atoms with Crippen LogP contribution < -0.4 is 4.90 Å². The van der Waals surface area contributed by atoms with Crippen LogP contribution in [0.15, 0.2) is 122 Å². The first-order valence-corrected chi connectivity index (χ1v) is 17.9. The third-order valence-corrected chi connectivity index (χ3v) is 13.9. The maximum atomic E-state index is 4.78. The Morgan fingerprint density at radius 2 is 1.32 bits per heavy atom. The van der Waals surface area contributed by atoms with E-state index in [9.17, 15) is 0 Å². The molecule has 3 aliphatic rings. The van der Waals surface area contributed by atoms with Gasteiger partial charge in [-0.1, -0.05) is 139 Å². The smallest absolute Gasteiger partial charge is 0.0581 e. The number of aryl methyl sites for hydroxylation is 1. The van der Waals surface area contributed by atoms with Crippen molar-refractivity contribution in [1.29, 1.82) is 0 Å². The lowest BCUT2D eigenvalue weighted by molar-refractivity contribution is 0.596. The Kier molecular flexibility index (Phi) is 5.80. The fourth-order valence-electron chi connectivity index (χ4n) is 8.70. The third-order valence-electron chi connectivity index (χ3n) is 11.2. The zero-order chi connectivity index (χ0) is 32.4. The van der Waals surface area contributed by atoms with Gasteiger partial charge in [0, 0.05) is 32.4 Å². The first-order valence-electron chi connectivity index (χ1n) is 16.6. The Bertz CT molecular complexity index is 2400. The van der Waals surface area contributed by atoms with E-state index in [1.807, 2.05) is 6.08 Å². The topological polar surface area (TPSA) is 3.24 Å². The van der Waals surface area contributed by atoms with E-state index in [0.29, 0.717) is 0 Å². The number of hydrogen-bond acceptors (Lipinski definition) is 1. The molecule has 1 unspecified atom stereocenters.